The van der Waals surface area contributed by atoms with Crippen LogP contribution in [0.3, 0.4) is 0 Å². The van der Waals surface area contributed by atoms with Crippen molar-refractivity contribution in [3.63, 3.8) is 0 Å². The van der Waals surface area contributed by atoms with Crippen molar-refractivity contribution in [2.75, 3.05) is 18.4 Å². The number of hydrogen-bond acceptors (Lipinski definition) is 4. The average Bonchev–Trinajstić information content (AvgIpc) is 3.08. The van der Waals surface area contributed by atoms with E-state index in [4.69, 9.17) is 33.0 Å². The molecular weight excluding hydrogens is 411 g/mol. The van der Waals surface area contributed by atoms with Gasteiger partial charge in [0.25, 0.3) is 0 Å². The summed E-state index contributed by atoms with van der Waals surface area (Å²) in [7, 11) is 0. The number of nitrogens with zero attached hydrogens (tertiary/aromatic N) is 1. The zero-order valence-electron chi connectivity index (χ0n) is 16.8. The molecule has 5 nitrogen and oxygen atoms in total. The smallest absolute Gasteiger partial charge is 0.450 e. The second-order valence-electron chi connectivity index (χ2n) is 7.67. The predicted octanol–water partition coefficient (Wildman–Crippen LogP) is 6.05. The Morgan fingerprint density at radius 3 is 2.62 bits per heavy atom. The molecule has 2 aromatic rings. The van der Waals surface area contributed by atoms with Gasteiger partial charge in [0.2, 0.25) is 0 Å². The standard InChI is InChI=1S/C22H26Cl2N2O3/c1-13-8-16(9-14(2)21(13)24)15(3)25-18-4-5-20(23)17(10-18)11-26-7-6-19(12-26)29-22(27)28/h4-5,8-10,15,19,25H,6-7,11-12H2,1-3H3,(H,27,28)/t15-,19-/m1/s1. The first-order valence-electron chi connectivity index (χ1n) is 9.66. The lowest BCUT2D eigenvalue weighted by molar-refractivity contribution is 0.0548. The van der Waals surface area contributed by atoms with Crippen molar-refractivity contribution in [3.8, 4) is 0 Å². The molecule has 0 amide bonds. The van der Waals surface area contributed by atoms with Crippen LogP contribution in [0.2, 0.25) is 10.0 Å². The lowest BCUT2D eigenvalue weighted by atomic mass is 10.0. The number of aryl methyl sites for hydroxylation is 2. The van der Waals surface area contributed by atoms with E-state index in [0.717, 1.165) is 33.9 Å². The van der Waals surface area contributed by atoms with Gasteiger partial charge in [-0.3, -0.25) is 4.90 Å². The predicted molar refractivity (Wildman–Crippen MR) is 117 cm³/mol. The first kappa shape index (κ1) is 21.8. The Hall–Kier alpha value is -1.95. The molecule has 0 radical (unpaired) electrons. The molecule has 0 spiro atoms. The summed E-state index contributed by atoms with van der Waals surface area (Å²) in [5.41, 5.74) is 5.30. The lowest BCUT2D eigenvalue weighted by Crippen LogP contribution is -2.24. The zero-order chi connectivity index (χ0) is 21.1. The monoisotopic (exact) mass is 436 g/mol. The molecule has 1 saturated heterocycles. The maximum absolute atomic E-state index is 10.7. The maximum atomic E-state index is 10.7. The van der Waals surface area contributed by atoms with E-state index in [2.05, 4.69) is 35.3 Å². The fourth-order valence-electron chi connectivity index (χ4n) is 3.77. The Balaban J connectivity index is 1.68. The Morgan fingerprint density at radius 1 is 1.28 bits per heavy atom. The second-order valence-corrected chi connectivity index (χ2v) is 8.46. The number of carbonyl (C=O) groups is 1. The van der Waals surface area contributed by atoms with Crippen LogP contribution in [0.15, 0.2) is 30.3 Å². The van der Waals surface area contributed by atoms with Gasteiger partial charge in [-0.1, -0.05) is 35.3 Å². The fraction of sp³-hybridized carbons (Fsp3) is 0.409. The van der Waals surface area contributed by atoms with Gasteiger partial charge in [-0.25, -0.2) is 4.79 Å². The summed E-state index contributed by atoms with van der Waals surface area (Å²) < 4.78 is 4.88. The van der Waals surface area contributed by atoms with Crippen LogP contribution in [0, 0.1) is 13.8 Å². The van der Waals surface area contributed by atoms with E-state index in [0.29, 0.717) is 24.5 Å². The molecule has 1 aliphatic rings. The van der Waals surface area contributed by atoms with Crippen LogP contribution in [-0.2, 0) is 11.3 Å². The van der Waals surface area contributed by atoms with E-state index >= 15 is 0 Å². The molecule has 1 fully saturated rings. The van der Waals surface area contributed by atoms with Crippen LogP contribution in [0.4, 0.5) is 10.5 Å². The van der Waals surface area contributed by atoms with Crippen molar-refractivity contribution in [1.82, 2.24) is 4.90 Å². The highest BCUT2D eigenvalue weighted by Crippen LogP contribution is 2.29. The Kier molecular flexibility index (Phi) is 6.93. The molecule has 0 aliphatic carbocycles. The van der Waals surface area contributed by atoms with Gasteiger partial charge in [0.05, 0.1) is 0 Å². The number of nitrogens with one attached hydrogen (secondary N) is 1. The average molecular weight is 437 g/mol. The summed E-state index contributed by atoms with van der Waals surface area (Å²) >= 11 is 12.7. The Morgan fingerprint density at radius 2 is 1.97 bits per heavy atom. The molecule has 0 bridgehead atoms. The van der Waals surface area contributed by atoms with Crippen LogP contribution in [0.5, 0.6) is 0 Å². The summed E-state index contributed by atoms with van der Waals surface area (Å²) in [6, 6.07) is 10.2. The molecule has 2 aromatic carbocycles. The topological polar surface area (TPSA) is 61.8 Å². The number of halogens is 2. The van der Waals surface area contributed by atoms with Crippen LogP contribution in [-0.4, -0.2) is 35.4 Å². The van der Waals surface area contributed by atoms with E-state index in [1.165, 1.54) is 5.56 Å². The van der Waals surface area contributed by atoms with E-state index in [1.807, 2.05) is 26.0 Å². The van der Waals surface area contributed by atoms with Gasteiger partial charge in [-0.2, -0.15) is 0 Å². The van der Waals surface area contributed by atoms with Crippen molar-refractivity contribution in [2.24, 2.45) is 0 Å². The fourth-order valence-corrected chi connectivity index (χ4v) is 4.06. The molecule has 156 valence electrons. The molecule has 0 saturated carbocycles. The Labute approximate surface area is 181 Å². The SMILES string of the molecule is Cc1cc([C@@H](C)Nc2ccc(Cl)c(CN3CC[C@@H](OC(=O)O)C3)c2)cc(C)c1Cl. The zero-order valence-corrected chi connectivity index (χ0v) is 18.3. The molecular formula is C22H26Cl2N2O3. The van der Waals surface area contributed by atoms with Crippen molar-refractivity contribution >= 4 is 35.0 Å². The van der Waals surface area contributed by atoms with Gasteiger partial charge in [-0.05, 0) is 67.6 Å². The molecule has 2 atom stereocenters. The summed E-state index contributed by atoms with van der Waals surface area (Å²) in [6.07, 6.45) is -0.791. The highest BCUT2D eigenvalue weighted by atomic mass is 35.5. The summed E-state index contributed by atoms with van der Waals surface area (Å²) in [5, 5.41) is 13.8. The Bertz CT molecular complexity index is 881. The number of hydrogen-bond donors (Lipinski definition) is 2. The molecule has 29 heavy (non-hydrogen) atoms. The molecule has 0 unspecified atom stereocenters. The highest BCUT2D eigenvalue weighted by Gasteiger charge is 2.26. The molecule has 1 heterocycles. The molecule has 3 rings (SSSR count). The van der Waals surface area contributed by atoms with E-state index in [9.17, 15) is 4.79 Å². The van der Waals surface area contributed by atoms with E-state index in [1.54, 1.807) is 0 Å². The van der Waals surface area contributed by atoms with Crippen LogP contribution < -0.4 is 5.32 Å². The normalized spacial score (nSPS) is 17.9. The van der Waals surface area contributed by atoms with Crippen molar-refractivity contribution in [2.45, 2.75) is 45.9 Å². The number of anilines is 1. The molecule has 1 aliphatic heterocycles. The first-order chi connectivity index (χ1) is 13.7. The minimum absolute atomic E-state index is 0.110. The van der Waals surface area contributed by atoms with Gasteiger partial charge in [0.1, 0.15) is 6.10 Å². The number of benzene rings is 2. The van der Waals surface area contributed by atoms with E-state index < -0.39 is 6.16 Å². The largest absolute Gasteiger partial charge is 0.506 e. The molecule has 0 aromatic heterocycles. The van der Waals surface area contributed by atoms with Gasteiger partial charge < -0.3 is 15.2 Å². The van der Waals surface area contributed by atoms with Crippen LogP contribution >= 0.6 is 23.2 Å². The van der Waals surface area contributed by atoms with Crippen LogP contribution in [0.25, 0.3) is 0 Å². The number of ether oxygens (including phenoxy) is 1. The minimum atomic E-state index is -1.22. The quantitative estimate of drug-likeness (QED) is 0.539. The molecule has 2 N–H and O–H groups in total. The number of rotatable bonds is 6. The molecule has 7 heteroatoms. The van der Waals surface area contributed by atoms with Crippen molar-refractivity contribution in [3.05, 3.63) is 62.6 Å². The minimum Gasteiger partial charge on any atom is -0.450 e. The summed E-state index contributed by atoms with van der Waals surface area (Å²) in [4.78, 5) is 12.9. The number of likely N-dealkylation sites (tertiary alicyclic amines) is 1. The second kappa shape index (κ2) is 9.24. The van der Waals surface area contributed by atoms with Gasteiger partial charge in [-0.15, -0.1) is 0 Å². The third-order valence-corrected chi connectivity index (χ3v) is 6.24. The van der Waals surface area contributed by atoms with Crippen molar-refractivity contribution < 1.29 is 14.6 Å². The maximum Gasteiger partial charge on any atom is 0.506 e. The van der Waals surface area contributed by atoms with E-state index in [-0.39, 0.29) is 12.1 Å². The first-order valence-corrected chi connectivity index (χ1v) is 10.4. The van der Waals surface area contributed by atoms with Gasteiger partial charge >= 0.3 is 6.16 Å². The van der Waals surface area contributed by atoms with Crippen molar-refractivity contribution in [1.29, 1.82) is 0 Å². The number of carboxylic acid groups (broad SMARTS) is 1. The van der Waals surface area contributed by atoms with Gasteiger partial charge in [0, 0.05) is 41.4 Å². The highest BCUT2D eigenvalue weighted by molar-refractivity contribution is 6.32. The third kappa shape index (κ3) is 5.56. The lowest BCUT2D eigenvalue weighted by Gasteiger charge is -2.20. The summed E-state index contributed by atoms with van der Waals surface area (Å²) in [6.45, 7) is 8.17. The summed E-state index contributed by atoms with van der Waals surface area (Å²) in [5.74, 6) is 0. The van der Waals surface area contributed by atoms with Crippen LogP contribution in [0.1, 0.15) is 41.6 Å². The third-order valence-electron chi connectivity index (χ3n) is 5.28. The van der Waals surface area contributed by atoms with Gasteiger partial charge in [0.15, 0.2) is 0 Å².